The molecule has 0 amide bonds. The van der Waals surface area contributed by atoms with Crippen LogP contribution < -0.4 is 10.0 Å². The Balaban J connectivity index is 2.25. The van der Waals surface area contributed by atoms with Crippen LogP contribution in [-0.2, 0) is 10.0 Å². The summed E-state index contributed by atoms with van der Waals surface area (Å²) >= 11 is 1.14. The Bertz CT molecular complexity index is 420. The SMILES string of the molecule is NS(=O)(=O)c1cnc(N2CCCC2)s1. The number of anilines is 1. The van der Waals surface area contributed by atoms with Crippen molar-refractivity contribution in [2.24, 2.45) is 5.14 Å². The minimum Gasteiger partial charge on any atom is -0.348 e. The zero-order valence-electron chi connectivity index (χ0n) is 7.51. The Morgan fingerprint density at radius 1 is 1.43 bits per heavy atom. The first-order valence-electron chi connectivity index (χ1n) is 4.31. The highest BCUT2D eigenvalue weighted by molar-refractivity contribution is 7.91. The van der Waals surface area contributed by atoms with E-state index in [0.717, 1.165) is 42.4 Å². The molecule has 0 unspecified atom stereocenters. The molecule has 2 N–H and O–H groups in total. The van der Waals surface area contributed by atoms with Crippen LogP contribution in [0.4, 0.5) is 5.13 Å². The molecule has 0 aromatic carbocycles. The van der Waals surface area contributed by atoms with Gasteiger partial charge in [-0.3, -0.25) is 0 Å². The molecule has 0 spiro atoms. The minimum absolute atomic E-state index is 0.138. The lowest BCUT2D eigenvalue weighted by molar-refractivity contribution is 0.599. The van der Waals surface area contributed by atoms with Crippen LogP contribution >= 0.6 is 11.3 Å². The summed E-state index contributed by atoms with van der Waals surface area (Å²) in [5.74, 6) is 0. The maximum absolute atomic E-state index is 11.0. The van der Waals surface area contributed by atoms with Crippen molar-refractivity contribution in [3.8, 4) is 0 Å². The van der Waals surface area contributed by atoms with Gasteiger partial charge in [0.2, 0.25) is 10.0 Å². The molecule has 5 nitrogen and oxygen atoms in total. The van der Waals surface area contributed by atoms with Crippen LogP contribution in [0.2, 0.25) is 0 Å². The third kappa shape index (κ3) is 1.89. The van der Waals surface area contributed by atoms with Crippen molar-refractivity contribution >= 4 is 26.5 Å². The van der Waals surface area contributed by atoms with E-state index in [9.17, 15) is 8.42 Å². The fraction of sp³-hybridized carbons (Fsp3) is 0.571. The number of rotatable bonds is 2. The Morgan fingerprint density at radius 2 is 2.07 bits per heavy atom. The van der Waals surface area contributed by atoms with Crippen LogP contribution in [0.1, 0.15) is 12.8 Å². The van der Waals surface area contributed by atoms with Crippen LogP contribution in [0.25, 0.3) is 0 Å². The molecule has 0 bridgehead atoms. The molecule has 2 rings (SSSR count). The van der Waals surface area contributed by atoms with Crippen molar-refractivity contribution in [2.75, 3.05) is 18.0 Å². The predicted molar refractivity (Wildman–Crippen MR) is 54.9 cm³/mol. The summed E-state index contributed by atoms with van der Waals surface area (Å²) in [7, 11) is -3.58. The highest BCUT2D eigenvalue weighted by atomic mass is 32.2. The molecule has 1 aromatic heterocycles. The summed E-state index contributed by atoms with van der Waals surface area (Å²) in [5.41, 5.74) is 0. The first-order chi connectivity index (χ1) is 6.57. The fourth-order valence-corrected chi connectivity index (χ4v) is 3.03. The summed E-state index contributed by atoms with van der Waals surface area (Å²) < 4.78 is 22.1. The largest absolute Gasteiger partial charge is 0.348 e. The highest BCUT2D eigenvalue weighted by Gasteiger charge is 2.18. The quantitative estimate of drug-likeness (QED) is 0.801. The van der Waals surface area contributed by atoms with Crippen LogP contribution in [-0.4, -0.2) is 26.5 Å². The van der Waals surface area contributed by atoms with Gasteiger partial charge in [-0.1, -0.05) is 11.3 Å². The average molecular weight is 233 g/mol. The maximum atomic E-state index is 11.0. The van der Waals surface area contributed by atoms with Crippen molar-refractivity contribution in [1.82, 2.24) is 4.98 Å². The van der Waals surface area contributed by atoms with Crippen molar-refractivity contribution in [3.05, 3.63) is 6.20 Å². The van der Waals surface area contributed by atoms with Gasteiger partial charge in [-0.15, -0.1) is 0 Å². The molecule has 1 aliphatic rings. The average Bonchev–Trinajstić information content (AvgIpc) is 2.73. The van der Waals surface area contributed by atoms with Crippen molar-refractivity contribution in [3.63, 3.8) is 0 Å². The van der Waals surface area contributed by atoms with Gasteiger partial charge in [0, 0.05) is 13.1 Å². The lowest BCUT2D eigenvalue weighted by atomic mass is 10.4. The Kier molecular flexibility index (Phi) is 2.46. The van der Waals surface area contributed by atoms with Crippen LogP contribution in [0.15, 0.2) is 10.4 Å². The third-order valence-corrected chi connectivity index (χ3v) is 4.60. The summed E-state index contributed by atoms with van der Waals surface area (Å²) in [5, 5.41) is 5.75. The monoisotopic (exact) mass is 233 g/mol. The highest BCUT2D eigenvalue weighted by Crippen LogP contribution is 2.27. The molecule has 14 heavy (non-hydrogen) atoms. The summed E-state index contributed by atoms with van der Waals surface area (Å²) in [4.78, 5) is 6.13. The van der Waals surface area contributed by atoms with E-state index in [-0.39, 0.29) is 4.21 Å². The smallest absolute Gasteiger partial charge is 0.249 e. The molecular formula is C7H11N3O2S2. The second kappa shape index (κ2) is 3.48. The minimum atomic E-state index is -3.58. The number of hydrogen-bond donors (Lipinski definition) is 1. The molecule has 0 radical (unpaired) electrons. The molecule has 0 atom stereocenters. The maximum Gasteiger partial charge on any atom is 0.249 e. The molecule has 0 aliphatic carbocycles. The van der Waals surface area contributed by atoms with E-state index in [1.54, 1.807) is 0 Å². The van der Waals surface area contributed by atoms with E-state index in [4.69, 9.17) is 5.14 Å². The van der Waals surface area contributed by atoms with Gasteiger partial charge in [0.25, 0.3) is 0 Å². The molecular weight excluding hydrogens is 222 g/mol. The van der Waals surface area contributed by atoms with Crippen molar-refractivity contribution in [2.45, 2.75) is 17.1 Å². The molecule has 1 aliphatic heterocycles. The molecule has 1 aromatic rings. The number of hydrogen-bond acceptors (Lipinski definition) is 5. The van der Waals surface area contributed by atoms with E-state index in [1.807, 2.05) is 0 Å². The van der Waals surface area contributed by atoms with Gasteiger partial charge in [-0.25, -0.2) is 18.5 Å². The van der Waals surface area contributed by atoms with E-state index in [1.165, 1.54) is 6.20 Å². The predicted octanol–water partition coefficient (Wildman–Crippen LogP) is 0.391. The molecule has 0 saturated carbocycles. The zero-order valence-corrected chi connectivity index (χ0v) is 9.14. The first-order valence-corrected chi connectivity index (χ1v) is 6.67. The van der Waals surface area contributed by atoms with E-state index < -0.39 is 10.0 Å². The first kappa shape index (κ1) is 9.88. The van der Waals surface area contributed by atoms with Gasteiger partial charge in [0.05, 0.1) is 6.20 Å². The number of nitrogens with two attached hydrogens (primary N) is 1. The second-order valence-corrected chi connectivity index (χ2v) is 6.00. The molecule has 2 heterocycles. The standard InChI is InChI=1S/C7H11N3O2S2/c8-14(11,12)6-5-9-7(13-6)10-3-1-2-4-10/h5H,1-4H2,(H2,8,11,12). The molecule has 1 saturated heterocycles. The summed E-state index contributed by atoms with van der Waals surface area (Å²) in [6.07, 6.45) is 3.61. The number of primary sulfonamides is 1. The van der Waals surface area contributed by atoms with E-state index >= 15 is 0 Å². The second-order valence-electron chi connectivity index (χ2n) is 3.20. The van der Waals surface area contributed by atoms with Gasteiger partial charge in [0.15, 0.2) is 9.34 Å². The Hall–Kier alpha value is -0.660. The Morgan fingerprint density at radius 3 is 2.57 bits per heavy atom. The van der Waals surface area contributed by atoms with Gasteiger partial charge >= 0.3 is 0 Å². The number of thiazole rings is 1. The lowest BCUT2D eigenvalue weighted by Crippen LogP contribution is -2.16. The van der Waals surface area contributed by atoms with Crippen LogP contribution in [0.3, 0.4) is 0 Å². The zero-order chi connectivity index (χ0) is 10.2. The van der Waals surface area contributed by atoms with Gasteiger partial charge in [0.1, 0.15) is 0 Å². The van der Waals surface area contributed by atoms with Crippen molar-refractivity contribution < 1.29 is 8.42 Å². The van der Waals surface area contributed by atoms with Gasteiger partial charge in [-0.2, -0.15) is 0 Å². The van der Waals surface area contributed by atoms with E-state index in [0.29, 0.717) is 0 Å². The van der Waals surface area contributed by atoms with Crippen LogP contribution in [0, 0.1) is 0 Å². The fourth-order valence-electron chi connectivity index (χ4n) is 1.44. The molecule has 7 heteroatoms. The van der Waals surface area contributed by atoms with Crippen LogP contribution in [0.5, 0.6) is 0 Å². The molecule has 78 valence electrons. The normalized spacial score (nSPS) is 17.6. The third-order valence-electron chi connectivity index (χ3n) is 2.13. The Labute approximate surface area is 86.6 Å². The topological polar surface area (TPSA) is 76.3 Å². The lowest BCUT2D eigenvalue weighted by Gasteiger charge is -2.11. The van der Waals surface area contributed by atoms with Gasteiger partial charge in [-0.05, 0) is 12.8 Å². The molecule has 1 fully saturated rings. The van der Waals surface area contributed by atoms with Gasteiger partial charge < -0.3 is 4.90 Å². The summed E-state index contributed by atoms with van der Waals surface area (Å²) in [6.45, 7) is 1.91. The number of aromatic nitrogens is 1. The van der Waals surface area contributed by atoms with Crippen molar-refractivity contribution in [1.29, 1.82) is 0 Å². The number of nitrogens with zero attached hydrogens (tertiary/aromatic N) is 2. The van der Waals surface area contributed by atoms with E-state index in [2.05, 4.69) is 9.88 Å². The number of sulfonamides is 1. The summed E-state index contributed by atoms with van der Waals surface area (Å²) in [6, 6.07) is 0.